The van der Waals surface area contributed by atoms with Crippen LogP contribution in [0.2, 0.25) is 13.1 Å². The fourth-order valence-corrected chi connectivity index (χ4v) is 6.03. The average Bonchev–Trinajstić information content (AvgIpc) is 3.67. The zero-order valence-electron chi connectivity index (χ0n) is 26.6. The van der Waals surface area contributed by atoms with Crippen LogP contribution in [0.4, 0.5) is 0 Å². The summed E-state index contributed by atoms with van der Waals surface area (Å²) in [5.41, 5.74) is 8.14. The first-order chi connectivity index (χ1) is 21.4. The third-order valence-corrected chi connectivity index (χ3v) is 8.14. The van der Waals surface area contributed by atoms with Gasteiger partial charge in [-0.15, -0.1) is 56.9 Å². The second-order valence-electron chi connectivity index (χ2n) is 11.7. The van der Waals surface area contributed by atoms with Crippen molar-refractivity contribution >= 4 is 48.5 Å². The molecule has 0 saturated heterocycles. The number of hydrogen-bond donors (Lipinski definition) is 0. The summed E-state index contributed by atoms with van der Waals surface area (Å²) >= 11 is 1.74. The van der Waals surface area contributed by atoms with E-state index in [2.05, 4.69) is 173 Å². The molecule has 0 aliphatic rings. The van der Waals surface area contributed by atoms with E-state index in [0.29, 0.717) is 0 Å². The molecule has 0 aliphatic carbocycles. The molecule has 0 nitrogen and oxygen atoms in total. The molecule has 0 saturated carbocycles. The molecule has 0 N–H and O–H groups in total. The Kier molecular flexibility index (Phi) is 12.4. The second kappa shape index (κ2) is 16.0. The van der Waals surface area contributed by atoms with E-state index in [1.54, 1.807) is 23.3 Å². The quantitative estimate of drug-likeness (QED) is 0.148. The van der Waals surface area contributed by atoms with E-state index in [1.165, 1.54) is 76.5 Å². The van der Waals surface area contributed by atoms with Gasteiger partial charge in [0.05, 0.1) is 0 Å². The van der Waals surface area contributed by atoms with E-state index in [4.69, 9.17) is 0 Å². The van der Waals surface area contributed by atoms with Crippen LogP contribution in [0.1, 0.15) is 11.1 Å². The van der Waals surface area contributed by atoms with Gasteiger partial charge < -0.3 is 24.8 Å². The summed E-state index contributed by atoms with van der Waals surface area (Å²) in [4.78, 5) is 0. The number of aryl methyl sites for hydroxylation is 2. The van der Waals surface area contributed by atoms with Crippen molar-refractivity contribution in [3.63, 3.8) is 0 Å². The second-order valence-corrected chi connectivity index (χ2v) is 21.1. The summed E-state index contributed by atoms with van der Waals surface area (Å²) in [6.07, 6.45) is 0. The first-order valence-corrected chi connectivity index (χ1v) is 21.4. The van der Waals surface area contributed by atoms with Crippen LogP contribution < -0.4 is 24.8 Å². The fraction of sp³-hybridized carbons (Fsp3) is 0.0952. The number of fused-ring (bicyclic) bond motifs is 6. The molecule has 228 valence electrons. The zero-order valence-corrected chi connectivity index (χ0v) is 31.6. The van der Waals surface area contributed by atoms with Crippen molar-refractivity contribution in [1.82, 2.24) is 0 Å². The Morgan fingerprint density at radius 1 is 0.457 bits per heavy atom. The molecule has 8 aromatic carbocycles. The van der Waals surface area contributed by atoms with E-state index in [9.17, 15) is 0 Å². The maximum atomic E-state index is 2.32. The van der Waals surface area contributed by atoms with Crippen molar-refractivity contribution in [3.05, 3.63) is 157 Å². The van der Waals surface area contributed by atoms with Gasteiger partial charge in [-0.25, -0.2) is 0 Å². The molecule has 0 spiro atoms. The van der Waals surface area contributed by atoms with Gasteiger partial charge in [0.15, 0.2) is 0 Å². The Labute approximate surface area is 300 Å². The van der Waals surface area contributed by atoms with Crippen molar-refractivity contribution in [1.29, 1.82) is 0 Å². The summed E-state index contributed by atoms with van der Waals surface area (Å²) in [5.74, 6) is 0. The van der Waals surface area contributed by atoms with Crippen LogP contribution in [-0.2, 0) is 23.3 Å². The van der Waals surface area contributed by atoms with Crippen LogP contribution in [0.5, 0.6) is 0 Å². The number of benzene rings is 6. The molecule has 0 amide bonds. The molecular weight excluding hydrogens is 695 g/mol. The topological polar surface area (TPSA) is 0 Å². The van der Waals surface area contributed by atoms with Gasteiger partial charge in [-0.2, -0.15) is 0 Å². The SMILES string of the molecule is C[Si](C)=[Zr+2].Cc1ccccc1-c1cc2ccc3ccccc3c2[cH-]1.Cc1ccccc1-c1cc2ccc3ccccc3c2[cH-]1.[Cl-].[Cl-]. The van der Waals surface area contributed by atoms with Crippen molar-refractivity contribution in [2.75, 3.05) is 0 Å². The van der Waals surface area contributed by atoms with E-state index in [1.807, 2.05) is 0 Å². The van der Waals surface area contributed by atoms with Crippen molar-refractivity contribution in [2.45, 2.75) is 26.9 Å². The van der Waals surface area contributed by atoms with Gasteiger partial charge in [-0.3, -0.25) is 0 Å². The normalized spacial score (nSPS) is 10.4. The van der Waals surface area contributed by atoms with Gasteiger partial charge in [0.25, 0.3) is 0 Å². The molecule has 0 heterocycles. The fourth-order valence-electron chi connectivity index (χ4n) is 6.03. The van der Waals surface area contributed by atoms with Crippen LogP contribution in [0.25, 0.3) is 65.3 Å². The minimum Gasteiger partial charge on any atom is -1.00 e. The van der Waals surface area contributed by atoms with Gasteiger partial charge in [0.1, 0.15) is 0 Å². The van der Waals surface area contributed by atoms with Gasteiger partial charge in [0.2, 0.25) is 0 Å². The molecule has 8 rings (SSSR count). The Balaban J connectivity index is 0.000000180. The van der Waals surface area contributed by atoms with Gasteiger partial charge in [-0.05, 0) is 13.8 Å². The summed E-state index contributed by atoms with van der Waals surface area (Å²) in [6, 6.07) is 52.4. The van der Waals surface area contributed by atoms with Gasteiger partial charge >= 0.3 is 41.9 Å². The molecule has 0 radical (unpaired) electrons. The van der Waals surface area contributed by atoms with E-state index < -0.39 is 0 Å². The third-order valence-electron chi connectivity index (χ3n) is 8.14. The predicted octanol–water partition coefficient (Wildman–Crippen LogP) is 6.17. The van der Waals surface area contributed by atoms with Crippen molar-refractivity contribution in [3.8, 4) is 22.3 Å². The summed E-state index contributed by atoms with van der Waals surface area (Å²) in [6.45, 7) is 8.96. The maximum Gasteiger partial charge on any atom is -0.0462 e. The summed E-state index contributed by atoms with van der Waals surface area (Å²) < 4.78 is 0. The van der Waals surface area contributed by atoms with Gasteiger partial charge in [0, 0.05) is 0 Å². The van der Waals surface area contributed by atoms with Crippen LogP contribution in [0.15, 0.2) is 146 Å². The summed E-state index contributed by atoms with van der Waals surface area (Å²) in [5, 5.41) is 10.6. The first kappa shape index (κ1) is 35.6. The standard InChI is InChI=1S/2C20H15.C2H6Si.2ClH.Zr/c2*1-14-6-2-4-8-18(14)17-12-16-11-10-15-7-3-5-9-19(15)20(16)13-17;1-3-2;;;/h2*2-13H,1H3;1-2H3;2*1H;/q2*-1;;;;+2/p-2. The predicted molar refractivity (Wildman–Crippen MR) is 192 cm³/mol. The third kappa shape index (κ3) is 7.81. The largest absolute Gasteiger partial charge is 1.00 e. The smallest absolute Gasteiger partial charge is 0.0462 e. The molecule has 0 fully saturated rings. The molecule has 8 aromatic rings. The van der Waals surface area contributed by atoms with Crippen LogP contribution in [0, 0.1) is 13.8 Å². The summed E-state index contributed by atoms with van der Waals surface area (Å²) in [7, 11) is 0. The van der Waals surface area contributed by atoms with E-state index >= 15 is 0 Å². The first-order valence-electron chi connectivity index (χ1n) is 15.2. The molecule has 4 heteroatoms. The molecule has 0 bridgehead atoms. The van der Waals surface area contributed by atoms with E-state index in [0.717, 1.165) is 0 Å². The van der Waals surface area contributed by atoms with Crippen LogP contribution in [-0.4, -0.2) is 5.43 Å². The van der Waals surface area contributed by atoms with Crippen molar-refractivity contribution in [2.24, 2.45) is 0 Å². The molecule has 0 aromatic heterocycles. The minimum absolute atomic E-state index is 0. The Morgan fingerprint density at radius 2 is 0.783 bits per heavy atom. The molecule has 0 unspecified atom stereocenters. The average molecular weight is 731 g/mol. The van der Waals surface area contributed by atoms with E-state index in [-0.39, 0.29) is 30.2 Å². The molecule has 0 aliphatic heterocycles. The molecular formula is C42H36Cl2SiZr-2. The molecule has 46 heavy (non-hydrogen) atoms. The minimum atomic E-state index is 0. The van der Waals surface area contributed by atoms with Crippen LogP contribution >= 0.6 is 0 Å². The number of halogens is 2. The molecule has 0 atom stereocenters. The van der Waals surface area contributed by atoms with Crippen molar-refractivity contribution < 1.29 is 48.1 Å². The number of rotatable bonds is 2. The Morgan fingerprint density at radius 3 is 1.17 bits per heavy atom. The van der Waals surface area contributed by atoms with Gasteiger partial charge in [-0.1, -0.05) is 165 Å². The Hall–Kier alpha value is -3.26. The number of hydrogen-bond acceptors (Lipinski definition) is 0. The van der Waals surface area contributed by atoms with Crippen LogP contribution in [0.3, 0.4) is 0 Å². The zero-order chi connectivity index (χ0) is 30.6. The Bertz CT molecular complexity index is 2100. The monoisotopic (exact) mass is 728 g/mol. The maximum absolute atomic E-state index is 2.32.